The summed E-state index contributed by atoms with van der Waals surface area (Å²) < 4.78 is 19.6. The van der Waals surface area contributed by atoms with Crippen molar-refractivity contribution >= 4 is 17.4 Å². The van der Waals surface area contributed by atoms with Crippen LogP contribution >= 0.6 is 11.3 Å². The van der Waals surface area contributed by atoms with E-state index in [0.717, 1.165) is 0 Å². The first-order valence-electron chi connectivity index (χ1n) is 8.18. The van der Waals surface area contributed by atoms with Crippen LogP contribution in [0.1, 0.15) is 36.9 Å². The molecule has 0 aliphatic carbocycles. The number of nitriles is 2. The normalized spacial score (nSPS) is 12.0. The van der Waals surface area contributed by atoms with Gasteiger partial charge in [0.15, 0.2) is 0 Å². The third kappa shape index (κ3) is 5.50. The molecular weight excluding hydrogens is 367 g/mol. The van der Waals surface area contributed by atoms with Crippen LogP contribution in [-0.4, -0.2) is 22.7 Å². The molecule has 1 atom stereocenters. The summed E-state index contributed by atoms with van der Waals surface area (Å²) in [6.45, 7) is 6.86. The Labute approximate surface area is 161 Å². The molecule has 27 heavy (non-hydrogen) atoms. The molecule has 0 bridgehead atoms. The van der Waals surface area contributed by atoms with E-state index in [-0.39, 0.29) is 12.0 Å². The summed E-state index contributed by atoms with van der Waals surface area (Å²) in [7, 11) is 0. The second-order valence-electron chi connectivity index (χ2n) is 6.88. The highest BCUT2D eigenvalue weighted by Gasteiger charge is 2.21. The van der Waals surface area contributed by atoms with E-state index in [0.29, 0.717) is 21.1 Å². The first-order valence-corrected chi connectivity index (χ1v) is 9.00. The topological polar surface area (TPSA) is 98.8 Å². The number of carbonyl (C=O) groups excluding carboxylic acids is 1. The van der Waals surface area contributed by atoms with Crippen LogP contribution in [0.5, 0.6) is 0 Å². The van der Waals surface area contributed by atoms with Crippen LogP contribution in [0.15, 0.2) is 18.2 Å². The molecule has 1 N–H and O–H groups in total. The van der Waals surface area contributed by atoms with Crippen LogP contribution in [0.25, 0.3) is 10.6 Å². The van der Waals surface area contributed by atoms with Gasteiger partial charge in [-0.05, 0) is 39.3 Å². The number of nitrogens with zero attached hydrogens (tertiary/aromatic N) is 3. The lowest BCUT2D eigenvalue weighted by atomic mass is 10.0. The van der Waals surface area contributed by atoms with E-state index in [4.69, 9.17) is 10.00 Å². The molecule has 1 heterocycles. The van der Waals surface area contributed by atoms with Gasteiger partial charge in [0.2, 0.25) is 0 Å². The molecule has 2 aromatic rings. The SMILES string of the molecule is Cc1nc(-c2ccc(C[C@@H](C#N)NC(=O)OC(C)(C)C)c(F)c2)sc1C#N. The van der Waals surface area contributed by atoms with E-state index in [1.807, 2.05) is 6.07 Å². The van der Waals surface area contributed by atoms with Crippen molar-refractivity contribution in [3.8, 4) is 22.7 Å². The Morgan fingerprint density at radius 3 is 2.63 bits per heavy atom. The quantitative estimate of drug-likeness (QED) is 0.853. The van der Waals surface area contributed by atoms with Gasteiger partial charge in [0.25, 0.3) is 0 Å². The number of nitrogens with one attached hydrogen (secondary N) is 1. The Kier molecular flexibility index (Phi) is 6.14. The highest BCUT2D eigenvalue weighted by atomic mass is 32.1. The zero-order chi connectivity index (χ0) is 20.2. The summed E-state index contributed by atoms with van der Waals surface area (Å²) in [6, 6.07) is 7.61. The summed E-state index contributed by atoms with van der Waals surface area (Å²) in [5.41, 5.74) is 0.758. The number of aryl methyl sites for hydroxylation is 1. The zero-order valence-corrected chi connectivity index (χ0v) is 16.3. The van der Waals surface area contributed by atoms with Crippen LogP contribution < -0.4 is 5.32 Å². The van der Waals surface area contributed by atoms with Gasteiger partial charge < -0.3 is 10.1 Å². The fourth-order valence-electron chi connectivity index (χ4n) is 2.27. The Morgan fingerprint density at radius 1 is 1.41 bits per heavy atom. The number of benzene rings is 1. The highest BCUT2D eigenvalue weighted by molar-refractivity contribution is 7.15. The second-order valence-corrected chi connectivity index (χ2v) is 7.88. The lowest BCUT2D eigenvalue weighted by molar-refractivity contribution is 0.0515. The van der Waals surface area contributed by atoms with E-state index in [9.17, 15) is 14.4 Å². The molecule has 0 radical (unpaired) electrons. The third-order valence-electron chi connectivity index (χ3n) is 3.47. The van der Waals surface area contributed by atoms with Gasteiger partial charge >= 0.3 is 6.09 Å². The molecular formula is C19H19FN4O2S. The number of halogens is 1. The number of ether oxygens (including phenoxy) is 1. The minimum atomic E-state index is -0.924. The van der Waals surface area contributed by atoms with Gasteiger partial charge in [0, 0.05) is 12.0 Å². The van der Waals surface area contributed by atoms with Gasteiger partial charge in [0.1, 0.15) is 33.4 Å². The monoisotopic (exact) mass is 386 g/mol. The van der Waals surface area contributed by atoms with Gasteiger partial charge in [-0.25, -0.2) is 14.2 Å². The standard InChI is InChI=1S/C19H19FN4O2S/c1-11-16(10-22)27-17(23-11)13-6-5-12(15(20)8-13)7-14(9-21)24-18(25)26-19(2,3)4/h5-6,8,14H,7H2,1-4H3,(H,24,25)/t14-/m0/s1. The Bertz CT molecular complexity index is 935. The molecule has 2 rings (SSSR count). The molecule has 0 aliphatic rings. The number of alkyl carbamates (subject to hydrolysis) is 1. The maximum Gasteiger partial charge on any atom is 0.408 e. The van der Waals surface area contributed by atoms with Gasteiger partial charge in [0.05, 0.1) is 11.8 Å². The number of thiazole rings is 1. The summed E-state index contributed by atoms with van der Waals surface area (Å²) >= 11 is 1.19. The van der Waals surface area contributed by atoms with Crippen molar-refractivity contribution in [3.05, 3.63) is 40.2 Å². The van der Waals surface area contributed by atoms with Crippen LogP contribution in [0, 0.1) is 35.4 Å². The first kappa shape index (κ1) is 20.3. The lowest BCUT2D eigenvalue weighted by Crippen LogP contribution is -2.39. The minimum Gasteiger partial charge on any atom is -0.444 e. The molecule has 0 saturated carbocycles. The molecule has 0 fully saturated rings. The average Bonchev–Trinajstić information content (AvgIpc) is 2.95. The number of rotatable bonds is 4. The number of carbonyl (C=O) groups is 1. The predicted molar refractivity (Wildman–Crippen MR) is 99.4 cm³/mol. The highest BCUT2D eigenvalue weighted by Crippen LogP contribution is 2.28. The molecule has 0 spiro atoms. The maximum atomic E-state index is 14.5. The third-order valence-corrected chi connectivity index (χ3v) is 4.58. The Morgan fingerprint density at radius 2 is 2.11 bits per heavy atom. The molecule has 6 nitrogen and oxygen atoms in total. The predicted octanol–water partition coefficient (Wildman–Crippen LogP) is 4.09. The molecule has 0 unspecified atom stereocenters. The van der Waals surface area contributed by atoms with E-state index < -0.39 is 23.6 Å². The van der Waals surface area contributed by atoms with Crippen LogP contribution in [0.4, 0.5) is 9.18 Å². The van der Waals surface area contributed by atoms with Gasteiger partial charge in [-0.2, -0.15) is 10.5 Å². The smallest absolute Gasteiger partial charge is 0.408 e. The fourth-order valence-corrected chi connectivity index (χ4v) is 3.13. The van der Waals surface area contributed by atoms with Crippen LogP contribution in [-0.2, 0) is 11.2 Å². The summed E-state index contributed by atoms with van der Waals surface area (Å²) in [6.07, 6.45) is -0.726. The minimum absolute atomic E-state index is 0.00218. The van der Waals surface area contributed by atoms with Crippen LogP contribution in [0.2, 0.25) is 0 Å². The molecule has 0 saturated heterocycles. The molecule has 1 amide bonds. The molecule has 140 valence electrons. The van der Waals surface area contributed by atoms with Gasteiger partial charge in [-0.15, -0.1) is 11.3 Å². The van der Waals surface area contributed by atoms with E-state index >= 15 is 0 Å². The van der Waals surface area contributed by atoms with Crippen molar-refractivity contribution in [2.75, 3.05) is 0 Å². The number of amides is 1. The number of hydrogen-bond donors (Lipinski definition) is 1. The van der Waals surface area contributed by atoms with Crippen molar-refractivity contribution in [3.63, 3.8) is 0 Å². The summed E-state index contributed by atoms with van der Waals surface area (Å²) in [4.78, 5) is 16.6. The Hall–Kier alpha value is -2.97. The van der Waals surface area contributed by atoms with Crippen molar-refractivity contribution < 1.29 is 13.9 Å². The van der Waals surface area contributed by atoms with Crippen molar-refractivity contribution in [2.45, 2.75) is 45.8 Å². The Balaban J connectivity index is 2.14. The molecule has 8 heteroatoms. The first-order chi connectivity index (χ1) is 12.6. The second kappa shape index (κ2) is 8.15. The largest absolute Gasteiger partial charge is 0.444 e. The van der Waals surface area contributed by atoms with Crippen molar-refractivity contribution in [2.24, 2.45) is 0 Å². The molecule has 1 aromatic heterocycles. The summed E-state index contributed by atoms with van der Waals surface area (Å²) in [5, 5.41) is 21.2. The average molecular weight is 386 g/mol. The maximum absolute atomic E-state index is 14.5. The zero-order valence-electron chi connectivity index (χ0n) is 15.5. The van der Waals surface area contributed by atoms with Gasteiger partial charge in [-0.1, -0.05) is 12.1 Å². The molecule has 0 aliphatic heterocycles. The van der Waals surface area contributed by atoms with E-state index in [1.165, 1.54) is 17.4 Å². The van der Waals surface area contributed by atoms with E-state index in [1.54, 1.807) is 39.8 Å². The lowest BCUT2D eigenvalue weighted by Gasteiger charge is -2.21. The van der Waals surface area contributed by atoms with E-state index in [2.05, 4.69) is 16.4 Å². The van der Waals surface area contributed by atoms with Crippen molar-refractivity contribution in [1.82, 2.24) is 10.3 Å². The van der Waals surface area contributed by atoms with Crippen molar-refractivity contribution in [1.29, 1.82) is 10.5 Å². The number of aromatic nitrogens is 1. The fraction of sp³-hybridized carbons (Fsp3) is 0.368. The summed E-state index contributed by atoms with van der Waals surface area (Å²) in [5.74, 6) is -0.509. The number of hydrogen-bond acceptors (Lipinski definition) is 6. The van der Waals surface area contributed by atoms with Gasteiger partial charge in [-0.3, -0.25) is 0 Å². The van der Waals surface area contributed by atoms with Crippen LogP contribution in [0.3, 0.4) is 0 Å². The molecule has 1 aromatic carbocycles.